The molecule has 0 aromatic heterocycles. The van der Waals surface area contributed by atoms with E-state index in [2.05, 4.69) is 66.0 Å². The van der Waals surface area contributed by atoms with Crippen LogP contribution in [0.2, 0.25) is 0 Å². The number of benzene rings is 1. The van der Waals surface area contributed by atoms with E-state index >= 15 is 0 Å². The number of hydrogen-bond acceptors (Lipinski definition) is 1. The molecule has 0 aliphatic carbocycles. The molecular weight excluding hydrogens is 641 g/mol. The van der Waals surface area contributed by atoms with E-state index in [0.717, 1.165) is 16.6 Å². The molecule has 0 aliphatic heterocycles. The van der Waals surface area contributed by atoms with Gasteiger partial charge >= 0.3 is 5.97 Å². The molecule has 1 rings (SSSR count). The number of carboxylic acid groups (broad SMARTS) is 1. The van der Waals surface area contributed by atoms with Crippen molar-refractivity contribution >= 4 is 73.7 Å². The zero-order valence-electron chi connectivity index (χ0n) is 14.9. The Kier molecular flexibility index (Phi) is 15.5. The van der Waals surface area contributed by atoms with Crippen LogP contribution in [-0.2, 0) is 0 Å². The maximum absolute atomic E-state index is 10.7. The highest BCUT2D eigenvalue weighted by Crippen LogP contribution is 2.22. The molecule has 1 N–H and O–H groups in total. The van der Waals surface area contributed by atoms with Crippen molar-refractivity contribution in [1.82, 2.24) is 0 Å². The average Bonchev–Trinajstić information content (AvgIpc) is 2.50. The minimum Gasteiger partial charge on any atom is -0.478 e. The molecule has 0 radical (unpaired) electrons. The monoisotopic (exact) mass is 670 g/mol. The number of unbranched alkanes of at least 4 members (excludes halogenated alkanes) is 6. The summed E-state index contributed by atoms with van der Waals surface area (Å²) in [7, 11) is 0. The van der Waals surface area contributed by atoms with Crippen molar-refractivity contribution in [1.29, 1.82) is 0 Å². The van der Waals surface area contributed by atoms with Crippen LogP contribution in [0.3, 0.4) is 0 Å². The van der Waals surface area contributed by atoms with E-state index in [0.29, 0.717) is 5.56 Å². The highest BCUT2D eigenvalue weighted by Gasteiger charge is 2.11. The van der Waals surface area contributed by atoms with Gasteiger partial charge in [0.1, 0.15) is 0 Å². The standard InChI is InChI=1S/C12H26.C7H3I3O2/c1-4-5-6-7-8-9-10-11-12(2)3;8-3-1-4(7(11)12)6(10)5(9)2-3/h12H,4-11H2,1-3H3;1-2H,(H,11,12). The summed E-state index contributed by atoms with van der Waals surface area (Å²) in [5, 5.41) is 8.80. The average molecular weight is 670 g/mol. The lowest BCUT2D eigenvalue weighted by Gasteiger charge is -2.03. The topological polar surface area (TPSA) is 37.3 Å². The minimum absolute atomic E-state index is 0.381. The molecule has 0 saturated carbocycles. The van der Waals surface area contributed by atoms with Crippen molar-refractivity contribution in [3.63, 3.8) is 0 Å². The molecule has 5 heteroatoms. The van der Waals surface area contributed by atoms with Gasteiger partial charge in [0.15, 0.2) is 0 Å². The Bertz CT molecular complexity index is 488. The van der Waals surface area contributed by atoms with Gasteiger partial charge in [0.25, 0.3) is 0 Å². The van der Waals surface area contributed by atoms with Crippen LogP contribution in [0.1, 0.15) is 82.5 Å². The second kappa shape index (κ2) is 15.0. The Morgan fingerprint density at radius 1 is 1.00 bits per heavy atom. The van der Waals surface area contributed by atoms with Crippen molar-refractivity contribution in [2.24, 2.45) is 5.92 Å². The molecule has 0 amide bonds. The number of hydrogen-bond donors (Lipinski definition) is 1. The number of rotatable bonds is 9. The zero-order valence-corrected chi connectivity index (χ0v) is 21.4. The lowest BCUT2D eigenvalue weighted by molar-refractivity contribution is 0.0695. The molecule has 1 aromatic rings. The normalized spacial score (nSPS) is 10.5. The lowest BCUT2D eigenvalue weighted by atomic mass is 10.0. The molecular formula is C19H29I3O2. The van der Waals surface area contributed by atoms with E-state index in [-0.39, 0.29) is 0 Å². The van der Waals surface area contributed by atoms with Crippen LogP contribution >= 0.6 is 67.8 Å². The highest BCUT2D eigenvalue weighted by atomic mass is 127. The fraction of sp³-hybridized carbons (Fsp3) is 0.632. The third-order valence-electron chi connectivity index (χ3n) is 3.61. The van der Waals surface area contributed by atoms with E-state index in [9.17, 15) is 4.79 Å². The number of carboxylic acids is 1. The number of halogens is 3. The predicted molar refractivity (Wildman–Crippen MR) is 129 cm³/mol. The van der Waals surface area contributed by atoms with Crippen molar-refractivity contribution in [3.8, 4) is 0 Å². The second-order valence-electron chi connectivity index (χ2n) is 6.36. The van der Waals surface area contributed by atoms with E-state index in [1.807, 2.05) is 28.7 Å². The Morgan fingerprint density at radius 3 is 2.04 bits per heavy atom. The molecule has 2 nitrogen and oxygen atoms in total. The van der Waals surface area contributed by atoms with Gasteiger partial charge in [-0.3, -0.25) is 0 Å². The maximum atomic E-state index is 10.7. The SMILES string of the molecule is CCCCCCCCCC(C)C.O=C(O)c1cc(I)cc(I)c1I. The summed E-state index contributed by atoms with van der Waals surface area (Å²) in [6.07, 6.45) is 11.5. The van der Waals surface area contributed by atoms with Crippen LogP contribution in [0.5, 0.6) is 0 Å². The van der Waals surface area contributed by atoms with Gasteiger partial charge in [0.05, 0.1) is 5.56 Å². The van der Waals surface area contributed by atoms with Crippen molar-refractivity contribution in [3.05, 3.63) is 28.4 Å². The molecule has 0 atom stereocenters. The molecule has 24 heavy (non-hydrogen) atoms. The highest BCUT2D eigenvalue weighted by molar-refractivity contribution is 14.1. The smallest absolute Gasteiger partial charge is 0.336 e. The molecule has 0 saturated heterocycles. The fourth-order valence-electron chi connectivity index (χ4n) is 2.22. The van der Waals surface area contributed by atoms with Gasteiger partial charge in [0.2, 0.25) is 0 Å². The molecule has 0 unspecified atom stereocenters. The van der Waals surface area contributed by atoms with E-state index in [1.54, 1.807) is 6.07 Å². The van der Waals surface area contributed by atoms with E-state index < -0.39 is 5.97 Å². The summed E-state index contributed by atoms with van der Waals surface area (Å²) in [4.78, 5) is 10.7. The Labute approximate surface area is 188 Å². The van der Waals surface area contributed by atoms with Gasteiger partial charge in [-0.05, 0) is 85.8 Å². The zero-order chi connectivity index (χ0) is 18.5. The molecule has 1 aromatic carbocycles. The van der Waals surface area contributed by atoms with Crippen LogP contribution in [0.15, 0.2) is 12.1 Å². The summed E-state index contributed by atoms with van der Waals surface area (Å²) in [5.41, 5.74) is 0.381. The molecule has 0 bridgehead atoms. The second-order valence-corrected chi connectivity index (χ2v) is 9.84. The van der Waals surface area contributed by atoms with Crippen molar-refractivity contribution in [2.45, 2.75) is 72.1 Å². The van der Waals surface area contributed by atoms with Gasteiger partial charge in [-0.25, -0.2) is 4.79 Å². The minimum atomic E-state index is -0.865. The van der Waals surface area contributed by atoms with Gasteiger partial charge in [0, 0.05) is 10.7 Å². The Hall–Kier alpha value is 0.880. The first-order chi connectivity index (χ1) is 11.3. The third-order valence-corrected chi connectivity index (χ3v) is 7.28. The lowest BCUT2D eigenvalue weighted by Crippen LogP contribution is -2.01. The van der Waals surface area contributed by atoms with Crippen LogP contribution in [0, 0.1) is 16.6 Å². The molecule has 0 spiro atoms. The third kappa shape index (κ3) is 12.3. The Morgan fingerprint density at radius 2 is 1.54 bits per heavy atom. The largest absolute Gasteiger partial charge is 0.478 e. The van der Waals surface area contributed by atoms with Crippen molar-refractivity contribution in [2.75, 3.05) is 0 Å². The van der Waals surface area contributed by atoms with Crippen LogP contribution < -0.4 is 0 Å². The molecule has 138 valence electrons. The summed E-state index contributed by atoms with van der Waals surface area (Å²) in [5.74, 6) is 0.0384. The number of carbonyl (C=O) groups is 1. The van der Waals surface area contributed by atoms with Gasteiger partial charge < -0.3 is 5.11 Å². The van der Waals surface area contributed by atoms with Crippen LogP contribution in [0.4, 0.5) is 0 Å². The maximum Gasteiger partial charge on any atom is 0.336 e. The summed E-state index contributed by atoms with van der Waals surface area (Å²) < 4.78 is 2.74. The van der Waals surface area contributed by atoms with Gasteiger partial charge in [-0.2, -0.15) is 0 Å². The van der Waals surface area contributed by atoms with Gasteiger partial charge in [-0.15, -0.1) is 0 Å². The molecule has 0 heterocycles. The molecule has 0 aliphatic rings. The quantitative estimate of drug-likeness (QED) is 0.165. The summed E-state index contributed by atoms with van der Waals surface area (Å²) in [6, 6.07) is 3.63. The Balaban J connectivity index is 0.000000441. The van der Waals surface area contributed by atoms with Crippen LogP contribution in [-0.4, -0.2) is 11.1 Å². The first-order valence-electron chi connectivity index (χ1n) is 8.67. The summed E-state index contributed by atoms with van der Waals surface area (Å²) >= 11 is 6.29. The van der Waals surface area contributed by atoms with E-state index in [4.69, 9.17) is 5.11 Å². The van der Waals surface area contributed by atoms with Crippen LogP contribution in [0.25, 0.3) is 0 Å². The summed E-state index contributed by atoms with van der Waals surface area (Å²) in [6.45, 7) is 6.91. The molecule has 0 fully saturated rings. The first kappa shape index (κ1) is 24.9. The van der Waals surface area contributed by atoms with Crippen molar-refractivity contribution < 1.29 is 9.90 Å². The van der Waals surface area contributed by atoms with Gasteiger partial charge in [-0.1, -0.05) is 72.1 Å². The fourth-order valence-corrected chi connectivity index (χ4v) is 4.61. The van der Waals surface area contributed by atoms with E-state index in [1.165, 1.54) is 51.4 Å². The predicted octanol–water partition coefficient (Wildman–Crippen LogP) is 7.98. The number of aromatic carboxylic acids is 1. The first-order valence-corrected chi connectivity index (χ1v) is 11.9.